The lowest BCUT2D eigenvalue weighted by molar-refractivity contribution is -0.120. The molecule has 1 aliphatic carbocycles. The lowest BCUT2D eigenvalue weighted by Gasteiger charge is -2.17. The van der Waals surface area contributed by atoms with Gasteiger partial charge >= 0.3 is 12.1 Å². The van der Waals surface area contributed by atoms with Crippen molar-refractivity contribution in [1.82, 2.24) is 14.9 Å². The van der Waals surface area contributed by atoms with E-state index in [2.05, 4.69) is 26.2 Å². The number of carboxylic acid groups (broad SMARTS) is 1. The van der Waals surface area contributed by atoms with Crippen LogP contribution in [0.4, 0.5) is 10.8 Å². The van der Waals surface area contributed by atoms with Crippen LogP contribution in [-0.2, 0) is 4.79 Å². The average molecular weight is 463 g/mol. The molecule has 1 aliphatic rings. The number of benzene rings is 1. The number of aryl methyl sites for hydroxylation is 1. The molecule has 0 bridgehead atoms. The smallest absolute Gasteiger partial charge is 0.405 e. The summed E-state index contributed by atoms with van der Waals surface area (Å²) < 4.78 is 8.49. The lowest BCUT2D eigenvalue weighted by atomic mass is 10.1. The maximum absolute atomic E-state index is 13.2. The van der Waals surface area contributed by atoms with E-state index in [-0.39, 0.29) is 23.1 Å². The number of anilines is 1. The number of halogens is 1. The second kappa shape index (κ2) is 6.87. The number of pyridine rings is 1. The van der Waals surface area contributed by atoms with Crippen molar-refractivity contribution < 1.29 is 19.1 Å². The molecule has 4 rings (SSSR count). The molecule has 2 aromatic heterocycles. The van der Waals surface area contributed by atoms with E-state index in [1.165, 1.54) is 14.0 Å². The Morgan fingerprint density at radius 2 is 2.10 bits per heavy atom. The Kier molecular flexibility index (Phi) is 4.60. The minimum absolute atomic E-state index is 0.0587. The molecule has 2 N–H and O–H groups in total. The van der Waals surface area contributed by atoms with Crippen LogP contribution in [0.2, 0.25) is 0 Å². The van der Waals surface area contributed by atoms with Crippen molar-refractivity contribution in [2.45, 2.75) is 38.8 Å². The molecule has 1 atom stereocenters. The van der Waals surface area contributed by atoms with E-state index in [0.29, 0.717) is 5.58 Å². The molecule has 10 heteroatoms. The number of nitrogens with one attached hydrogen (secondary N) is 1. The van der Waals surface area contributed by atoms with Crippen LogP contribution in [0.3, 0.4) is 0 Å². The number of rotatable bonds is 4. The van der Waals surface area contributed by atoms with Crippen LogP contribution in [-0.4, -0.2) is 39.7 Å². The summed E-state index contributed by atoms with van der Waals surface area (Å²) in [5, 5.41) is 11.7. The Labute approximate surface area is 173 Å². The number of amides is 2. The van der Waals surface area contributed by atoms with Gasteiger partial charge in [-0.05, 0) is 44.4 Å². The Morgan fingerprint density at radius 3 is 2.72 bits per heavy atom. The predicted molar refractivity (Wildman–Crippen MR) is 111 cm³/mol. The summed E-state index contributed by atoms with van der Waals surface area (Å²) in [6, 6.07) is 2.82. The standard InChI is InChI=1S/C19H19BrN4O5/c1-8-12(20)7-6-11-14(8)24(10-4-5-10)17(26)13-15(11)29-18(22-13)23(3)16(25)9(2)21-19(27)28/h6-7,9-10,21H,4-5H2,1-3H3,(H,27,28)/t9-/m0/s1. The van der Waals surface area contributed by atoms with Gasteiger partial charge in [0.15, 0.2) is 11.1 Å². The summed E-state index contributed by atoms with van der Waals surface area (Å²) in [6.45, 7) is 3.36. The van der Waals surface area contributed by atoms with Crippen molar-refractivity contribution in [3.8, 4) is 0 Å². The van der Waals surface area contributed by atoms with Crippen molar-refractivity contribution in [3.63, 3.8) is 0 Å². The predicted octanol–water partition coefficient (Wildman–Crippen LogP) is 3.17. The molecule has 3 aromatic rings. The first-order chi connectivity index (χ1) is 13.7. The van der Waals surface area contributed by atoms with Crippen LogP contribution < -0.4 is 15.8 Å². The first-order valence-electron chi connectivity index (χ1n) is 9.11. The molecular formula is C19H19BrN4O5. The third-order valence-corrected chi connectivity index (χ3v) is 5.99. The van der Waals surface area contributed by atoms with E-state index in [4.69, 9.17) is 9.52 Å². The first kappa shape index (κ1) is 19.4. The number of likely N-dealkylation sites (N-methyl/N-ethyl adjacent to an activating group) is 1. The van der Waals surface area contributed by atoms with Crippen LogP contribution >= 0.6 is 15.9 Å². The topological polar surface area (TPSA) is 118 Å². The normalized spacial score (nSPS) is 14.9. The van der Waals surface area contributed by atoms with Gasteiger partial charge in [-0.25, -0.2) is 4.79 Å². The highest BCUT2D eigenvalue weighted by Crippen LogP contribution is 2.40. The highest BCUT2D eigenvalue weighted by atomic mass is 79.9. The fourth-order valence-electron chi connectivity index (χ4n) is 3.48. The molecule has 9 nitrogen and oxygen atoms in total. The van der Waals surface area contributed by atoms with Gasteiger partial charge in [0.1, 0.15) is 6.04 Å². The summed E-state index contributed by atoms with van der Waals surface area (Å²) in [5.74, 6) is -0.551. The second-order valence-corrected chi connectivity index (χ2v) is 8.07. The van der Waals surface area contributed by atoms with Crippen molar-refractivity contribution in [1.29, 1.82) is 0 Å². The summed E-state index contributed by atoms with van der Waals surface area (Å²) in [7, 11) is 1.43. The summed E-state index contributed by atoms with van der Waals surface area (Å²) in [6.07, 6.45) is 0.540. The summed E-state index contributed by atoms with van der Waals surface area (Å²) >= 11 is 3.52. The minimum atomic E-state index is -1.31. The van der Waals surface area contributed by atoms with Gasteiger partial charge in [-0.15, -0.1) is 0 Å². The molecule has 0 spiro atoms. The van der Waals surface area contributed by atoms with Crippen molar-refractivity contribution >= 4 is 55.9 Å². The van der Waals surface area contributed by atoms with Crippen LogP contribution in [0.5, 0.6) is 0 Å². The zero-order chi connectivity index (χ0) is 21.0. The zero-order valence-corrected chi connectivity index (χ0v) is 17.6. The molecule has 1 aromatic carbocycles. The van der Waals surface area contributed by atoms with Gasteiger partial charge in [0, 0.05) is 22.9 Å². The number of carbonyl (C=O) groups is 2. The third-order valence-electron chi connectivity index (χ3n) is 5.13. The molecule has 0 aliphatic heterocycles. The number of fused-ring (bicyclic) bond motifs is 3. The van der Waals surface area contributed by atoms with Crippen molar-refractivity contribution in [2.75, 3.05) is 11.9 Å². The molecular weight excluding hydrogens is 444 g/mol. The van der Waals surface area contributed by atoms with Crippen molar-refractivity contribution in [3.05, 3.63) is 32.5 Å². The highest BCUT2D eigenvalue weighted by Gasteiger charge is 2.31. The molecule has 152 valence electrons. The molecule has 1 saturated carbocycles. The number of aromatic nitrogens is 2. The quantitative estimate of drug-likeness (QED) is 0.614. The van der Waals surface area contributed by atoms with Gasteiger partial charge < -0.3 is 19.4 Å². The minimum Gasteiger partial charge on any atom is -0.465 e. The van der Waals surface area contributed by atoms with Crippen LogP contribution in [0.15, 0.2) is 25.8 Å². The van der Waals surface area contributed by atoms with E-state index < -0.39 is 18.0 Å². The highest BCUT2D eigenvalue weighted by molar-refractivity contribution is 9.10. The zero-order valence-electron chi connectivity index (χ0n) is 16.0. The molecule has 0 radical (unpaired) electrons. The van der Waals surface area contributed by atoms with Gasteiger partial charge in [0.25, 0.3) is 11.5 Å². The van der Waals surface area contributed by atoms with E-state index in [0.717, 1.165) is 38.7 Å². The van der Waals surface area contributed by atoms with Gasteiger partial charge in [0.05, 0.1) is 5.52 Å². The van der Waals surface area contributed by atoms with E-state index in [1.807, 2.05) is 19.1 Å². The molecule has 0 unspecified atom stereocenters. The second-order valence-electron chi connectivity index (χ2n) is 7.22. The molecule has 2 heterocycles. The maximum atomic E-state index is 13.2. The average Bonchev–Trinajstić information content (AvgIpc) is 3.40. The Balaban J connectivity index is 1.90. The number of hydrogen-bond donors (Lipinski definition) is 2. The van der Waals surface area contributed by atoms with E-state index >= 15 is 0 Å². The SMILES string of the molecule is Cc1c(Br)ccc2c3oc(N(C)C(=O)[C@H](C)NC(=O)O)nc3c(=O)n(C3CC3)c12. The summed E-state index contributed by atoms with van der Waals surface area (Å²) in [5.41, 5.74) is 1.92. The van der Waals surface area contributed by atoms with Gasteiger partial charge in [-0.2, -0.15) is 4.98 Å². The van der Waals surface area contributed by atoms with Gasteiger partial charge in [-0.3, -0.25) is 14.5 Å². The number of carbonyl (C=O) groups excluding carboxylic acids is 1. The Morgan fingerprint density at radius 1 is 1.41 bits per heavy atom. The Hall–Kier alpha value is -2.88. The monoisotopic (exact) mass is 462 g/mol. The maximum Gasteiger partial charge on any atom is 0.405 e. The molecule has 1 fully saturated rings. The van der Waals surface area contributed by atoms with E-state index in [9.17, 15) is 14.4 Å². The van der Waals surface area contributed by atoms with Crippen LogP contribution in [0, 0.1) is 6.92 Å². The molecule has 29 heavy (non-hydrogen) atoms. The largest absolute Gasteiger partial charge is 0.465 e. The van der Waals surface area contributed by atoms with Crippen molar-refractivity contribution in [2.24, 2.45) is 0 Å². The van der Waals surface area contributed by atoms with E-state index in [1.54, 1.807) is 4.57 Å². The van der Waals surface area contributed by atoms with Gasteiger partial charge in [-0.1, -0.05) is 15.9 Å². The van der Waals surface area contributed by atoms with Crippen LogP contribution in [0.1, 0.15) is 31.4 Å². The first-order valence-corrected chi connectivity index (χ1v) is 9.91. The third kappa shape index (κ3) is 3.17. The fourth-order valence-corrected chi connectivity index (χ4v) is 3.80. The van der Waals surface area contributed by atoms with Gasteiger partial charge in [0.2, 0.25) is 0 Å². The Bertz CT molecular complexity index is 1230. The van der Waals surface area contributed by atoms with Crippen LogP contribution in [0.25, 0.3) is 22.0 Å². The molecule has 0 saturated heterocycles. The summed E-state index contributed by atoms with van der Waals surface area (Å²) in [4.78, 5) is 41.9. The number of hydrogen-bond acceptors (Lipinski definition) is 5. The number of nitrogens with zero attached hydrogens (tertiary/aromatic N) is 3. The number of oxazole rings is 1. The molecule has 2 amide bonds. The lowest BCUT2D eigenvalue weighted by Crippen LogP contribution is -2.45. The fraction of sp³-hybridized carbons (Fsp3) is 0.368.